The second-order valence-corrected chi connectivity index (χ2v) is 6.55. The third-order valence-electron chi connectivity index (χ3n) is 4.00. The zero-order valence-electron chi connectivity index (χ0n) is 16.0. The second kappa shape index (κ2) is 9.72. The van der Waals surface area contributed by atoms with Crippen LogP contribution in [0.5, 0.6) is 5.75 Å². The highest BCUT2D eigenvalue weighted by molar-refractivity contribution is 6.30. The third kappa shape index (κ3) is 5.58. The van der Waals surface area contributed by atoms with Crippen molar-refractivity contribution in [2.24, 2.45) is 0 Å². The van der Waals surface area contributed by atoms with E-state index < -0.39 is 17.8 Å². The molecule has 160 valence electrons. The normalized spacial score (nSPS) is 10.4. The van der Waals surface area contributed by atoms with Crippen molar-refractivity contribution in [2.75, 3.05) is 23.8 Å². The number of carbonyl (C=O) groups excluding carboxylic acids is 1. The summed E-state index contributed by atoms with van der Waals surface area (Å²) in [6.45, 7) is 3.47. The van der Waals surface area contributed by atoms with Gasteiger partial charge in [0.25, 0.3) is 0 Å². The molecule has 0 aliphatic carbocycles. The molecule has 3 rings (SSSR count). The predicted molar refractivity (Wildman–Crippen MR) is 115 cm³/mol. The molecule has 0 saturated carbocycles. The molecule has 1 aromatic heterocycles. The molecule has 31 heavy (non-hydrogen) atoms. The Hall–Kier alpha value is -3.92. The lowest BCUT2D eigenvalue weighted by atomic mass is 10.1. The predicted octanol–water partition coefficient (Wildman–Crippen LogP) is 3.94. The van der Waals surface area contributed by atoms with Gasteiger partial charge in [-0.3, -0.25) is 4.79 Å². The van der Waals surface area contributed by atoms with Crippen LogP contribution in [-0.4, -0.2) is 40.2 Å². The summed E-state index contributed by atoms with van der Waals surface area (Å²) in [6, 6.07) is 7.29. The van der Waals surface area contributed by atoms with Crippen molar-refractivity contribution < 1.29 is 23.8 Å². The van der Waals surface area contributed by atoms with E-state index in [0.717, 1.165) is 6.08 Å². The Labute approximate surface area is 180 Å². The van der Waals surface area contributed by atoms with Gasteiger partial charge in [-0.25, -0.2) is 19.2 Å². The van der Waals surface area contributed by atoms with Crippen molar-refractivity contribution in [2.45, 2.75) is 0 Å². The van der Waals surface area contributed by atoms with Gasteiger partial charge in [0.1, 0.15) is 30.3 Å². The molecule has 0 aliphatic heterocycles. The molecule has 2 aromatic carbocycles. The van der Waals surface area contributed by atoms with Crippen LogP contribution in [0.15, 0.2) is 49.3 Å². The number of anilines is 3. The number of carboxylic acid groups (broad SMARTS) is 1. The zero-order chi connectivity index (χ0) is 22.4. The summed E-state index contributed by atoms with van der Waals surface area (Å²) in [7, 11) is 0. The molecule has 4 N–H and O–H groups in total. The maximum atomic E-state index is 14.2. The first-order valence-electron chi connectivity index (χ1n) is 8.91. The van der Waals surface area contributed by atoms with Gasteiger partial charge in [-0.1, -0.05) is 18.2 Å². The maximum Gasteiger partial charge on any atom is 0.404 e. The number of ether oxygens (including phenoxy) is 1. The molecule has 0 saturated heterocycles. The van der Waals surface area contributed by atoms with Crippen LogP contribution in [-0.2, 0) is 4.79 Å². The van der Waals surface area contributed by atoms with Gasteiger partial charge in [0, 0.05) is 16.5 Å². The van der Waals surface area contributed by atoms with Crippen molar-refractivity contribution in [3.63, 3.8) is 0 Å². The Kier molecular flexibility index (Phi) is 6.83. The van der Waals surface area contributed by atoms with Crippen molar-refractivity contribution in [3.05, 3.63) is 60.2 Å². The molecule has 0 bridgehead atoms. The standard InChI is InChI=1S/C20H17ClFN5O4/c1-2-18(28)26-16-8-12-15(9-17(16)31-6-5-23-20(29)30)24-10-25-19(12)27-14-4-3-11(21)7-13(14)22/h2-4,7-10,23H,1,5-6H2,(H,26,28)(H,29,30)(H,24,25,27). The largest absolute Gasteiger partial charge is 0.489 e. The van der Waals surface area contributed by atoms with E-state index in [1.807, 2.05) is 0 Å². The lowest BCUT2D eigenvalue weighted by Crippen LogP contribution is -2.26. The number of benzene rings is 2. The number of halogens is 2. The summed E-state index contributed by atoms with van der Waals surface area (Å²) in [5, 5.41) is 17.1. The van der Waals surface area contributed by atoms with Crippen LogP contribution in [0.4, 0.5) is 26.4 Å². The fraction of sp³-hybridized carbons (Fsp3) is 0.100. The number of fused-ring (bicyclic) bond motifs is 1. The van der Waals surface area contributed by atoms with Crippen molar-refractivity contribution in [1.82, 2.24) is 15.3 Å². The summed E-state index contributed by atoms with van der Waals surface area (Å²) in [4.78, 5) is 30.8. The molecular weight excluding hydrogens is 429 g/mol. The molecule has 1 heterocycles. The number of rotatable bonds is 8. The Morgan fingerprint density at radius 3 is 2.74 bits per heavy atom. The Bertz CT molecular complexity index is 1160. The molecule has 0 aliphatic rings. The molecule has 0 spiro atoms. The van der Waals surface area contributed by atoms with Crippen LogP contribution in [0.1, 0.15) is 0 Å². The minimum atomic E-state index is -1.18. The monoisotopic (exact) mass is 445 g/mol. The van der Waals surface area contributed by atoms with E-state index in [-0.39, 0.29) is 35.3 Å². The van der Waals surface area contributed by atoms with E-state index in [1.54, 1.807) is 12.1 Å². The molecule has 2 amide bonds. The molecule has 0 atom stereocenters. The van der Waals surface area contributed by atoms with Crippen LogP contribution >= 0.6 is 11.6 Å². The van der Waals surface area contributed by atoms with E-state index in [2.05, 4.69) is 32.5 Å². The third-order valence-corrected chi connectivity index (χ3v) is 4.24. The van der Waals surface area contributed by atoms with Crippen LogP contribution in [0.25, 0.3) is 10.9 Å². The Balaban J connectivity index is 1.97. The topological polar surface area (TPSA) is 125 Å². The second-order valence-electron chi connectivity index (χ2n) is 6.11. The van der Waals surface area contributed by atoms with Gasteiger partial charge in [-0.15, -0.1) is 0 Å². The summed E-state index contributed by atoms with van der Waals surface area (Å²) in [5.74, 6) is -0.495. The Morgan fingerprint density at radius 2 is 2.03 bits per heavy atom. The van der Waals surface area contributed by atoms with E-state index in [1.165, 1.54) is 24.5 Å². The number of amides is 2. The van der Waals surface area contributed by atoms with Gasteiger partial charge in [0.2, 0.25) is 5.91 Å². The summed E-state index contributed by atoms with van der Waals surface area (Å²) in [5.41, 5.74) is 0.882. The quantitative estimate of drug-likeness (QED) is 0.305. The summed E-state index contributed by atoms with van der Waals surface area (Å²) < 4.78 is 19.8. The number of carbonyl (C=O) groups is 2. The highest BCUT2D eigenvalue weighted by Gasteiger charge is 2.14. The summed E-state index contributed by atoms with van der Waals surface area (Å²) >= 11 is 5.79. The molecule has 0 unspecified atom stereocenters. The minimum absolute atomic E-state index is 0.0148. The van der Waals surface area contributed by atoms with E-state index in [9.17, 15) is 14.0 Å². The first-order valence-corrected chi connectivity index (χ1v) is 9.29. The number of aromatic nitrogens is 2. The Morgan fingerprint density at radius 1 is 1.23 bits per heavy atom. The zero-order valence-corrected chi connectivity index (χ0v) is 16.7. The average Bonchev–Trinajstić information content (AvgIpc) is 2.73. The lowest BCUT2D eigenvalue weighted by molar-refractivity contribution is -0.111. The molecule has 11 heteroatoms. The van der Waals surface area contributed by atoms with Crippen molar-refractivity contribution >= 4 is 51.7 Å². The molecule has 0 fully saturated rings. The first-order chi connectivity index (χ1) is 14.9. The van der Waals surface area contributed by atoms with Crippen LogP contribution in [0.2, 0.25) is 5.02 Å². The van der Waals surface area contributed by atoms with Crippen LogP contribution in [0, 0.1) is 5.82 Å². The van der Waals surface area contributed by atoms with Gasteiger partial charge < -0.3 is 25.8 Å². The SMILES string of the molecule is C=CC(=O)Nc1cc2c(Nc3ccc(Cl)cc3F)ncnc2cc1OCCNC(=O)O. The van der Waals surface area contributed by atoms with Crippen molar-refractivity contribution in [1.29, 1.82) is 0 Å². The van der Waals surface area contributed by atoms with Gasteiger partial charge in [0.05, 0.1) is 23.4 Å². The molecule has 9 nitrogen and oxygen atoms in total. The van der Waals surface area contributed by atoms with Gasteiger partial charge in [0.15, 0.2) is 0 Å². The maximum absolute atomic E-state index is 14.2. The van der Waals surface area contributed by atoms with E-state index in [4.69, 9.17) is 21.4 Å². The molecular formula is C20H17ClFN5O4. The first kappa shape index (κ1) is 21.8. The highest BCUT2D eigenvalue weighted by Crippen LogP contribution is 2.34. The molecule has 3 aromatic rings. The number of hydrogen-bond acceptors (Lipinski definition) is 6. The molecule has 0 radical (unpaired) electrons. The van der Waals surface area contributed by atoms with Gasteiger partial charge in [-0.2, -0.15) is 0 Å². The highest BCUT2D eigenvalue weighted by atomic mass is 35.5. The van der Waals surface area contributed by atoms with Gasteiger partial charge >= 0.3 is 6.09 Å². The number of nitrogens with one attached hydrogen (secondary N) is 3. The summed E-state index contributed by atoms with van der Waals surface area (Å²) in [6.07, 6.45) is 1.19. The van der Waals surface area contributed by atoms with Crippen LogP contribution in [0.3, 0.4) is 0 Å². The minimum Gasteiger partial charge on any atom is -0.489 e. The average molecular weight is 446 g/mol. The number of hydrogen-bond donors (Lipinski definition) is 4. The fourth-order valence-corrected chi connectivity index (χ4v) is 2.78. The van der Waals surface area contributed by atoms with E-state index >= 15 is 0 Å². The van der Waals surface area contributed by atoms with E-state index in [0.29, 0.717) is 16.7 Å². The smallest absolute Gasteiger partial charge is 0.404 e. The van der Waals surface area contributed by atoms with Gasteiger partial charge in [-0.05, 0) is 30.3 Å². The fourth-order valence-electron chi connectivity index (χ4n) is 2.62. The number of nitrogens with zero attached hydrogens (tertiary/aromatic N) is 2. The van der Waals surface area contributed by atoms with Crippen molar-refractivity contribution in [3.8, 4) is 5.75 Å². The lowest BCUT2D eigenvalue weighted by Gasteiger charge is -2.15. The van der Waals surface area contributed by atoms with Crippen LogP contribution < -0.4 is 20.7 Å².